The first-order valence-corrected chi connectivity index (χ1v) is 10.6. The molecule has 3 aromatic rings. The van der Waals surface area contributed by atoms with Gasteiger partial charge in [-0.15, -0.1) is 0 Å². The highest BCUT2D eigenvalue weighted by Gasteiger charge is 2.37. The summed E-state index contributed by atoms with van der Waals surface area (Å²) >= 11 is 6.59. The van der Waals surface area contributed by atoms with Crippen LogP contribution in [0.2, 0.25) is 5.02 Å². The van der Waals surface area contributed by atoms with E-state index in [9.17, 15) is 5.11 Å². The number of benzene rings is 2. The van der Waals surface area contributed by atoms with Crippen LogP contribution in [0.3, 0.4) is 0 Å². The van der Waals surface area contributed by atoms with E-state index in [1.165, 1.54) is 0 Å². The second-order valence-electron chi connectivity index (χ2n) is 7.35. The molecule has 6 nitrogen and oxygen atoms in total. The molecule has 0 saturated carbocycles. The molecule has 1 aliphatic rings. The Labute approximate surface area is 181 Å². The summed E-state index contributed by atoms with van der Waals surface area (Å²) in [5.74, 6) is 1.49. The van der Waals surface area contributed by atoms with E-state index in [1.807, 2.05) is 34.9 Å². The monoisotopic (exact) mass is 425 g/mol. The molecule has 0 saturated heterocycles. The third-order valence-corrected chi connectivity index (χ3v) is 6.05. The summed E-state index contributed by atoms with van der Waals surface area (Å²) in [6, 6.07) is 12.8. The number of nitrogen functional groups attached to an aromatic ring is 1. The third-order valence-electron chi connectivity index (χ3n) is 5.70. The summed E-state index contributed by atoms with van der Waals surface area (Å²) < 4.78 is 8.00. The Morgan fingerprint density at radius 3 is 2.67 bits per heavy atom. The molecule has 1 aliphatic heterocycles. The van der Waals surface area contributed by atoms with Crippen LogP contribution in [0.1, 0.15) is 36.5 Å². The van der Waals surface area contributed by atoms with Gasteiger partial charge in [0.25, 0.3) is 0 Å². The minimum absolute atomic E-state index is 0.133. The van der Waals surface area contributed by atoms with Crippen LogP contribution in [0.15, 0.2) is 48.8 Å². The van der Waals surface area contributed by atoms with Crippen molar-refractivity contribution in [1.29, 1.82) is 0 Å². The van der Waals surface area contributed by atoms with Crippen LogP contribution in [0.5, 0.6) is 17.4 Å². The van der Waals surface area contributed by atoms with Gasteiger partial charge in [0, 0.05) is 23.2 Å². The number of nitrogens with two attached hydrogens (primary N) is 1. The molecule has 0 fully saturated rings. The lowest BCUT2D eigenvalue weighted by Crippen LogP contribution is -2.44. The number of phenols is 1. The molecular weight excluding hydrogens is 400 g/mol. The van der Waals surface area contributed by atoms with E-state index in [4.69, 9.17) is 22.1 Å². The van der Waals surface area contributed by atoms with Gasteiger partial charge in [0.05, 0.1) is 12.5 Å². The highest BCUT2D eigenvalue weighted by molar-refractivity contribution is 6.31. The topological polar surface area (TPSA) is 75.5 Å². The number of aromatic nitrogens is 2. The van der Waals surface area contributed by atoms with Gasteiger partial charge in [-0.2, -0.15) is 0 Å². The highest BCUT2D eigenvalue weighted by atomic mass is 35.5. The van der Waals surface area contributed by atoms with Crippen molar-refractivity contribution in [2.45, 2.75) is 26.3 Å². The first-order valence-electron chi connectivity index (χ1n) is 10.2. The number of anilines is 1. The van der Waals surface area contributed by atoms with E-state index < -0.39 is 0 Å². The lowest BCUT2D eigenvalue weighted by Gasteiger charge is -2.28. The summed E-state index contributed by atoms with van der Waals surface area (Å²) in [5.41, 5.74) is 9.28. The average Bonchev–Trinajstić information content (AvgIpc) is 2.75. The predicted octanol–water partition coefficient (Wildman–Crippen LogP) is 3.94. The van der Waals surface area contributed by atoms with Crippen LogP contribution < -0.4 is 15.0 Å². The first kappa shape index (κ1) is 20.4. The van der Waals surface area contributed by atoms with Crippen LogP contribution in [0, 0.1) is 0 Å². The van der Waals surface area contributed by atoms with Gasteiger partial charge in [0.15, 0.2) is 0 Å². The van der Waals surface area contributed by atoms with Crippen LogP contribution in [0.25, 0.3) is 0 Å². The van der Waals surface area contributed by atoms with Gasteiger partial charge in [-0.05, 0) is 30.8 Å². The van der Waals surface area contributed by atoms with Gasteiger partial charge < -0.3 is 20.5 Å². The molecule has 156 valence electrons. The molecule has 1 aromatic heterocycles. The molecule has 1 atom stereocenters. The fourth-order valence-electron chi connectivity index (χ4n) is 3.98. The smallest absolute Gasteiger partial charge is 0.306 e. The second-order valence-corrected chi connectivity index (χ2v) is 7.75. The Hall–Kier alpha value is -2.83. The molecule has 4 rings (SSSR count). The molecular formula is C23H26ClN4O2+. The van der Waals surface area contributed by atoms with Crippen LogP contribution in [-0.4, -0.2) is 34.6 Å². The van der Waals surface area contributed by atoms with Crippen molar-refractivity contribution in [3.8, 4) is 17.4 Å². The van der Waals surface area contributed by atoms with Gasteiger partial charge in [0.1, 0.15) is 17.1 Å². The normalized spacial score (nSPS) is 14.9. The Morgan fingerprint density at radius 1 is 1.17 bits per heavy atom. The zero-order chi connectivity index (χ0) is 21.3. The molecule has 30 heavy (non-hydrogen) atoms. The number of hydrogen-bond acceptors (Lipinski definition) is 5. The van der Waals surface area contributed by atoms with Crippen molar-refractivity contribution in [1.82, 2.24) is 9.88 Å². The Morgan fingerprint density at radius 2 is 1.93 bits per heavy atom. The quantitative estimate of drug-likeness (QED) is 0.458. The van der Waals surface area contributed by atoms with Crippen molar-refractivity contribution >= 4 is 17.4 Å². The zero-order valence-electron chi connectivity index (χ0n) is 17.2. The van der Waals surface area contributed by atoms with E-state index in [0.717, 1.165) is 42.9 Å². The molecule has 0 spiro atoms. The van der Waals surface area contributed by atoms with Crippen molar-refractivity contribution in [2.24, 2.45) is 0 Å². The number of nitrogens with zero attached hydrogens (tertiary/aromatic N) is 3. The molecule has 0 bridgehead atoms. The molecule has 0 unspecified atom stereocenters. The molecule has 3 N–H and O–H groups in total. The molecule has 2 aromatic carbocycles. The number of rotatable bonds is 6. The zero-order valence-corrected chi connectivity index (χ0v) is 17.9. The second kappa shape index (κ2) is 8.50. The summed E-state index contributed by atoms with van der Waals surface area (Å²) in [4.78, 5) is 6.90. The Bertz CT molecular complexity index is 1070. The number of aromatic hydroxyl groups is 1. The highest BCUT2D eigenvalue weighted by Crippen LogP contribution is 2.49. The standard InChI is InChI=1S/C23H25ClN4O2/c1-3-27(4-2)11-12-28-14-26-23-21(22(28)25)20(16-7-5-6-8-18(16)24)17-10-9-15(29)13-19(17)30-23/h5-10,13-14,20,25,29H,3-4,11-12H2,1-2H3/p+1/t20-/m0/s1. The Balaban J connectivity index is 1.84. The van der Waals surface area contributed by atoms with E-state index in [1.54, 1.807) is 18.5 Å². The van der Waals surface area contributed by atoms with Crippen molar-refractivity contribution in [3.63, 3.8) is 0 Å². The maximum absolute atomic E-state index is 9.96. The SMILES string of the molecule is CCN(CC)CC[n+]1cnc2c(c1N)[C@@H](c1ccccc1Cl)c1ccc(O)cc1O2. The number of phenolic OH excluding ortho intramolecular Hbond substituents is 1. The van der Waals surface area contributed by atoms with Gasteiger partial charge in [-0.25, -0.2) is 4.57 Å². The molecule has 7 heteroatoms. The third kappa shape index (κ3) is 3.68. The van der Waals surface area contributed by atoms with E-state index in [-0.39, 0.29) is 11.7 Å². The lowest BCUT2D eigenvalue weighted by atomic mass is 9.83. The van der Waals surface area contributed by atoms with Crippen LogP contribution >= 0.6 is 11.6 Å². The summed E-state index contributed by atoms with van der Waals surface area (Å²) in [6.07, 6.45) is 1.72. The molecule has 0 aliphatic carbocycles. The summed E-state index contributed by atoms with van der Waals surface area (Å²) in [6.45, 7) is 7.87. The summed E-state index contributed by atoms with van der Waals surface area (Å²) in [5, 5.41) is 10.6. The largest absolute Gasteiger partial charge is 0.508 e. The Kier molecular flexibility index (Phi) is 5.79. The molecule has 0 amide bonds. The van der Waals surface area contributed by atoms with Crippen LogP contribution in [-0.2, 0) is 6.54 Å². The predicted molar refractivity (Wildman–Crippen MR) is 117 cm³/mol. The number of hydrogen-bond donors (Lipinski definition) is 2. The minimum Gasteiger partial charge on any atom is -0.508 e. The maximum Gasteiger partial charge on any atom is 0.306 e. The first-order chi connectivity index (χ1) is 14.5. The van der Waals surface area contributed by atoms with Crippen molar-refractivity contribution in [3.05, 3.63) is 70.5 Å². The van der Waals surface area contributed by atoms with Crippen molar-refractivity contribution in [2.75, 3.05) is 25.4 Å². The van der Waals surface area contributed by atoms with E-state index >= 15 is 0 Å². The fraction of sp³-hybridized carbons (Fsp3) is 0.304. The minimum atomic E-state index is -0.244. The number of halogens is 1. The van der Waals surface area contributed by atoms with Gasteiger partial charge >= 0.3 is 5.88 Å². The van der Waals surface area contributed by atoms with Gasteiger partial charge in [-0.1, -0.05) is 54.7 Å². The fourth-order valence-corrected chi connectivity index (χ4v) is 4.22. The van der Waals surface area contributed by atoms with Gasteiger partial charge in [-0.3, -0.25) is 0 Å². The van der Waals surface area contributed by atoms with E-state index in [0.29, 0.717) is 22.5 Å². The van der Waals surface area contributed by atoms with Crippen LogP contribution in [0.4, 0.5) is 5.82 Å². The van der Waals surface area contributed by atoms with Crippen molar-refractivity contribution < 1.29 is 14.4 Å². The van der Waals surface area contributed by atoms with Gasteiger partial charge in [0.2, 0.25) is 12.1 Å². The molecule has 0 radical (unpaired) electrons. The maximum atomic E-state index is 9.96. The summed E-state index contributed by atoms with van der Waals surface area (Å²) in [7, 11) is 0. The number of ether oxygens (including phenoxy) is 1. The average molecular weight is 426 g/mol. The van der Waals surface area contributed by atoms with E-state index in [2.05, 4.69) is 23.7 Å². The number of fused-ring (bicyclic) bond motifs is 2. The lowest BCUT2D eigenvalue weighted by molar-refractivity contribution is -0.685. The number of likely N-dealkylation sites (N-methyl/N-ethyl adjacent to an activating group) is 1. The molecule has 2 heterocycles.